The first-order valence-electron chi connectivity index (χ1n) is 6.27. The summed E-state index contributed by atoms with van der Waals surface area (Å²) in [5.41, 5.74) is 5.86. The summed E-state index contributed by atoms with van der Waals surface area (Å²) in [5, 5.41) is 2.58. The molecule has 0 aromatic heterocycles. The zero-order chi connectivity index (χ0) is 13.5. The number of carbonyl (C=O) groups is 1. The molecular formula is C14H21FN2O. The third-order valence-corrected chi connectivity index (χ3v) is 2.76. The number of carbonyl (C=O) groups excluding carboxylic acids is 1. The summed E-state index contributed by atoms with van der Waals surface area (Å²) in [7, 11) is 0. The lowest BCUT2D eigenvalue weighted by atomic mass is 9.94. The van der Waals surface area contributed by atoms with Crippen molar-refractivity contribution in [1.82, 2.24) is 0 Å². The van der Waals surface area contributed by atoms with Gasteiger partial charge in [0.15, 0.2) is 0 Å². The van der Waals surface area contributed by atoms with Crippen LogP contribution >= 0.6 is 0 Å². The van der Waals surface area contributed by atoms with Crippen molar-refractivity contribution in [3.8, 4) is 0 Å². The van der Waals surface area contributed by atoms with Crippen LogP contribution in [0.4, 0.5) is 10.1 Å². The molecule has 0 saturated carbocycles. The van der Waals surface area contributed by atoms with Gasteiger partial charge in [-0.25, -0.2) is 4.39 Å². The number of nitrogens with two attached hydrogens (primary N) is 1. The van der Waals surface area contributed by atoms with Gasteiger partial charge in [-0.15, -0.1) is 0 Å². The average molecular weight is 252 g/mol. The third-order valence-electron chi connectivity index (χ3n) is 2.76. The number of amides is 1. The van der Waals surface area contributed by atoms with Crippen LogP contribution in [0.25, 0.3) is 0 Å². The lowest BCUT2D eigenvalue weighted by Gasteiger charge is -2.16. The second kappa shape index (κ2) is 7.11. The molecule has 0 bridgehead atoms. The average Bonchev–Trinajstić information content (AvgIpc) is 2.30. The van der Waals surface area contributed by atoms with Crippen LogP contribution in [0.3, 0.4) is 0 Å². The Kier molecular flexibility index (Phi) is 5.78. The topological polar surface area (TPSA) is 55.1 Å². The van der Waals surface area contributed by atoms with Gasteiger partial charge >= 0.3 is 0 Å². The Bertz CT molecular complexity index is 393. The molecule has 3 N–H and O–H groups in total. The van der Waals surface area contributed by atoms with E-state index in [2.05, 4.69) is 19.2 Å². The zero-order valence-corrected chi connectivity index (χ0v) is 10.9. The molecule has 100 valence electrons. The molecule has 0 aliphatic rings. The summed E-state index contributed by atoms with van der Waals surface area (Å²) in [5.74, 6) is 0.0480. The van der Waals surface area contributed by atoms with Crippen LogP contribution in [0.2, 0.25) is 0 Å². The number of benzene rings is 1. The summed E-state index contributed by atoms with van der Waals surface area (Å²) in [4.78, 5) is 11.8. The number of para-hydroxylation sites is 1. The SMILES string of the molecule is CC(C)CC(CN)CC(=O)Nc1ccccc1F. The van der Waals surface area contributed by atoms with Crippen molar-refractivity contribution in [3.63, 3.8) is 0 Å². The van der Waals surface area contributed by atoms with Crippen molar-refractivity contribution in [2.75, 3.05) is 11.9 Å². The molecule has 4 heteroatoms. The highest BCUT2D eigenvalue weighted by Crippen LogP contribution is 2.17. The third kappa shape index (κ3) is 4.84. The van der Waals surface area contributed by atoms with Crippen molar-refractivity contribution in [2.24, 2.45) is 17.6 Å². The molecule has 0 aliphatic carbocycles. The molecule has 1 rings (SSSR count). The highest BCUT2D eigenvalue weighted by atomic mass is 19.1. The normalized spacial score (nSPS) is 12.5. The fraction of sp³-hybridized carbons (Fsp3) is 0.500. The van der Waals surface area contributed by atoms with E-state index in [1.165, 1.54) is 6.07 Å². The standard InChI is InChI=1S/C14H21FN2O/c1-10(2)7-11(9-16)8-14(18)17-13-6-4-3-5-12(13)15/h3-6,10-11H,7-9,16H2,1-2H3,(H,17,18). The molecule has 0 saturated heterocycles. The Morgan fingerprint density at radius 2 is 2.06 bits per heavy atom. The summed E-state index contributed by atoms with van der Waals surface area (Å²) in [6, 6.07) is 6.15. The number of halogens is 1. The van der Waals surface area contributed by atoms with Crippen molar-refractivity contribution >= 4 is 11.6 Å². The molecule has 0 heterocycles. The largest absolute Gasteiger partial charge is 0.330 e. The van der Waals surface area contributed by atoms with Gasteiger partial charge in [-0.05, 0) is 36.9 Å². The zero-order valence-electron chi connectivity index (χ0n) is 10.9. The van der Waals surface area contributed by atoms with Crippen LogP contribution in [0.5, 0.6) is 0 Å². The van der Waals surface area contributed by atoms with Crippen LogP contribution in [-0.2, 0) is 4.79 Å². The number of hydrogen-bond donors (Lipinski definition) is 2. The predicted octanol–water partition coefficient (Wildman–Crippen LogP) is 2.78. The van der Waals surface area contributed by atoms with E-state index in [1.54, 1.807) is 18.2 Å². The summed E-state index contributed by atoms with van der Waals surface area (Å²) < 4.78 is 13.3. The lowest BCUT2D eigenvalue weighted by Crippen LogP contribution is -2.23. The summed E-state index contributed by atoms with van der Waals surface area (Å²) in [6.07, 6.45) is 1.24. The fourth-order valence-electron chi connectivity index (χ4n) is 1.96. The molecule has 3 nitrogen and oxygen atoms in total. The van der Waals surface area contributed by atoms with Crippen molar-refractivity contribution < 1.29 is 9.18 Å². The maximum Gasteiger partial charge on any atom is 0.224 e. The molecule has 0 aliphatic heterocycles. The highest BCUT2D eigenvalue weighted by molar-refractivity contribution is 5.90. The fourth-order valence-corrected chi connectivity index (χ4v) is 1.96. The Hall–Kier alpha value is -1.42. The molecule has 1 aromatic rings. The van der Waals surface area contributed by atoms with Crippen LogP contribution < -0.4 is 11.1 Å². The second-order valence-corrected chi connectivity index (χ2v) is 4.96. The van der Waals surface area contributed by atoms with E-state index >= 15 is 0 Å². The minimum absolute atomic E-state index is 0.150. The number of anilines is 1. The van der Waals surface area contributed by atoms with Crippen LogP contribution in [-0.4, -0.2) is 12.5 Å². The number of rotatable bonds is 6. The molecular weight excluding hydrogens is 231 g/mol. The van der Waals surface area contributed by atoms with E-state index in [9.17, 15) is 9.18 Å². The first-order valence-corrected chi connectivity index (χ1v) is 6.27. The Balaban J connectivity index is 2.53. The van der Waals surface area contributed by atoms with Gasteiger partial charge in [-0.3, -0.25) is 4.79 Å². The predicted molar refractivity (Wildman–Crippen MR) is 71.6 cm³/mol. The summed E-state index contributed by atoms with van der Waals surface area (Å²) in [6.45, 7) is 4.66. The van der Waals surface area contributed by atoms with E-state index in [4.69, 9.17) is 5.73 Å². The molecule has 0 spiro atoms. The Morgan fingerprint density at radius 3 is 2.61 bits per heavy atom. The second-order valence-electron chi connectivity index (χ2n) is 4.96. The molecule has 1 atom stereocenters. The summed E-state index contributed by atoms with van der Waals surface area (Å²) >= 11 is 0. The number of hydrogen-bond acceptors (Lipinski definition) is 2. The Morgan fingerprint density at radius 1 is 1.39 bits per heavy atom. The maximum atomic E-state index is 13.3. The molecule has 0 fully saturated rings. The van der Waals surface area contributed by atoms with Gasteiger partial charge in [0.05, 0.1) is 5.69 Å². The van der Waals surface area contributed by atoms with Crippen LogP contribution in [0.1, 0.15) is 26.7 Å². The first kappa shape index (κ1) is 14.6. The van der Waals surface area contributed by atoms with Crippen molar-refractivity contribution in [3.05, 3.63) is 30.1 Å². The van der Waals surface area contributed by atoms with Gasteiger partial charge in [0, 0.05) is 6.42 Å². The van der Waals surface area contributed by atoms with Gasteiger partial charge in [-0.1, -0.05) is 26.0 Å². The molecule has 1 aromatic carbocycles. The minimum Gasteiger partial charge on any atom is -0.330 e. The molecule has 0 radical (unpaired) electrons. The molecule has 1 unspecified atom stereocenters. The highest BCUT2D eigenvalue weighted by Gasteiger charge is 2.15. The Labute approximate surface area is 108 Å². The van der Waals surface area contributed by atoms with E-state index in [0.717, 1.165) is 6.42 Å². The lowest BCUT2D eigenvalue weighted by molar-refractivity contribution is -0.117. The van der Waals surface area contributed by atoms with E-state index in [0.29, 0.717) is 18.9 Å². The van der Waals surface area contributed by atoms with Crippen molar-refractivity contribution in [1.29, 1.82) is 0 Å². The van der Waals surface area contributed by atoms with Gasteiger partial charge in [0.2, 0.25) is 5.91 Å². The quantitative estimate of drug-likeness (QED) is 0.818. The first-order chi connectivity index (χ1) is 8.52. The van der Waals surface area contributed by atoms with Crippen LogP contribution in [0.15, 0.2) is 24.3 Å². The van der Waals surface area contributed by atoms with E-state index < -0.39 is 5.82 Å². The van der Waals surface area contributed by atoms with Crippen molar-refractivity contribution in [2.45, 2.75) is 26.7 Å². The number of nitrogens with one attached hydrogen (secondary N) is 1. The maximum absolute atomic E-state index is 13.3. The van der Waals surface area contributed by atoms with E-state index in [-0.39, 0.29) is 17.5 Å². The minimum atomic E-state index is -0.418. The molecule has 18 heavy (non-hydrogen) atoms. The van der Waals surface area contributed by atoms with Gasteiger partial charge < -0.3 is 11.1 Å². The monoisotopic (exact) mass is 252 g/mol. The molecule has 1 amide bonds. The van der Waals surface area contributed by atoms with Crippen LogP contribution in [0, 0.1) is 17.7 Å². The van der Waals surface area contributed by atoms with Gasteiger partial charge in [-0.2, -0.15) is 0 Å². The van der Waals surface area contributed by atoms with Gasteiger partial charge in [0.1, 0.15) is 5.82 Å². The van der Waals surface area contributed by atoms with Gasteiger partial charge in [0.25, 0.3) is 0 Å². The van der Waals surface area contributed by atoms with E-state index in [1.807, 2.05) is 0 Å². The smallest absolute Gasteiger partial charge is 0.224 e.